The summed E-state index contributed by atoms with van der Waals surface area (Å²) in [6.45, 7) is 3.49. The van der Waals surface area contributed by atoms with Gasteiger partial charge < -0.3 is 15.1 Å². The highest BCUT2D eigenvalue weighted by Gasteiger charge is 2.45. The molecule has 1 aromatic heterocycles. The zero-order chi connectivity index (χ0) is 23.4. The van der Waals surface area contributed by atoms with Gasteiger partial charge in [-0.25, -0.2) is 4.39 Å². The smallest absolute Gasteiger partial charge is 0.324 e. The van der Waals surface area contributed by atoms with Gasteiger partial charge in [0.1, 0.15) is 12.1 Å². The molecule has 3 aromatic rings. The Balaban J connectivity index is 1.73. The first-order valence-corrected chi connectivity index (χ1v) is 11.6. The second kappa shape index (κ2) is 9.56. The molecule has 10 heteroatoms. The molecule has 0 bridgehead atoms. The molecule has 2 aromatic carbocycles. The fourth-order valence-corrected chi connectivity index (χ4v) is 4.90. The largest absolute Gasteiger partial charge is 0.335 e. The van der Waals surface area contributed by atoms with Crippen LogP contribution in [0.5, 0.6) is 0 Å². The molecule has 1 amide bonds. The van der Waals surface area contributed by atoms with Gasteiger partial charge in [0.15, 0.2) is 5.82 Å². The minimum absolute atomic E-state index is 0.289. The molecule has 3 N–H and O–H groups in total. The summed E-state index contributed by atoms with van der Waals surface area (Å²) < 4.78 is 26.8. The van der Waals surface area contributed by atoms with E-state index in [9.17, 15) is 23.5 Å². The third kappa shape index (κ3) is 4.85. The first-order chi connectivity index (χ1) is 15.2. The summed E-state index contributed by atoms with van der Waals surface area (Å²) in [5.74, 6) is -0.390. The van der Waals surface area contributed by atoms with E-state index in [4.69, 9.17) is 0 Å². The van der Waals surface area contributed by atoms with Crippen molar-refractivity contribution >= 4 is 25.3 Å². The number of nitrogens with one attached hydrogen (secondary N) is 1. The van der Waals surface area contributed by atoms with Crippen molar-refractivity contribution in [3.05, 3.63) is 78.1 Å². The molecule has 0 saturated heterocycles. The summed E-state index contributed by atoms with van der Waals surface area (Å²) >= 11 is 0. The summed E-state index contributed by atoms with van der Waals surface area (Å²) in [6.07, 6.45) is 4.80. The minimum Gasteiger partial charge on any atom is -0.324 e. The number of hydrogen-bond acceptors (Lipinski definition) is 4. The molecule has 0 aliphatic rings. The maximum Gasteiger partial charge on any atom is 0.335 e. The predicted octanol–water partition coefficient (Wildman–Crippen LogP) is 4.25. The van der Waals surface area contributed by atoms with Crippen LogP contribution in [-0.4, -0.2) is 30.5 Å². The summed E-state index contributed by atoms with van der Waals surface area (Å²) in [5, 5.41) is 9.22. The number of carbonyl (C=O) groups is 1. The number of halogens is 1. The van der Waals surface area contributed by atoms with Crippen LogP contribution in [0.25, 0.3) is 11.8 Å². The number of amides is 1. The molecule has 0 aliphatic carbocycles. The van der Waals surface area contributed by atoms with Crippen molar-refractivity contribution < 1.29 is 23.5 Å². The number of carbonyl (C=O) groups excluding carboxylic acids is 1. The second-order valence-electron chi connectivity index (χ2n) is 7.22. The van der Waals surface area contributed by atoms with E-state index < -0.39 is 18.7 Å². The van der Waals surface area contributed by atoms with Crippen LogP contribution in [-0.2, 0) is 14.5 Å². The monoisotopic (exact) mass is 458 g/mol. The van der Waals surface area contributed by atoms with Gasteiger partial charge in [-0.1, -0.05) is 26.0 Å². The topological polar surface area (TPSA) is 117 Å². The zero-order valence-corrected chi connectivity index (χ0v) is 18.5. The second-order valence-corrected chi connectivity index (χ2v) is 9.16. The third-order valence-electron chi connectivity index (χ3n) is 5.48. The molecule has 0 atom stereocenters. The Hall–Kier alpha value is -3.13. The summed E-state index contributed by atoms with van der Waals surface area (Å²) in [5.41, 5.74) is 1.65. The number of aromatic nitrogens is 3. The predicted molar refractivity (Wildman–Crippen MR) is 120 cm³/mol. The van der Waals surface area contributed by atoms with Crippen molar-refractivity contribution in [1.82, 2.24) is 14.8 Å². The number of nitrogens with zero attached hydrogens (tertiary/aromatic N) is 3. The molecular weight excluding hydrogens is 434 g/mol. The third-order valence-corrected chi connectivity index (χ3v) is 7.49. The molecule has 32 heavy (non-hydrogen) atoms. The summed E-state index contributed by atoms with van der Waals surface area (Å²) in [6, 6.07) is 12.2. The Morgan fingerprint density at radius 1 is 1.12 bits per heavy atom. The average molecular weight is 458 g/mol. The van der Waals surface area contributed by atoms with E-state index in [1.807, 2.05) is 0 Å². The van der Waals surface area contributed by atoms with Crippen molar-refractivity contribution in [3.63, 3.8) is 0 Å². The summed E-state index contributed by atoms with van der Waals surface area (Å²) in [4.78, 5) is 32.1. The lowest BCUT2D eigenvalue weighted by Crippen LogP contribution is -2.24. The van der Waals surface area contributed by atoms with E-state index in [0.29, 0.717) is 22.8 Å². The van der Waals surface area contributed by atoms with Gasteiger partial charge in [-0.05, 0) is 60.9 Å². The van der Waals surface area contributed by atoms with Gasteiger partial charge in [-0.3, -0.25) is 13.9 Å². The Kier molecular flexibility index (Phi) is 7.03. The van der Waals surface area contributed by atoms with E-state index in [1.165, 1.54) is 30.6 Å². The van der Waals surface area contributed by atoms with Crippen LogP contribution < -0.4 is 5.32 Å². The minimum atomic E-state index is -4.38. The molecule has 168 valence electrons. The molecule has 0 aliphatic heterocycles. The lowest BCUT2D eigenvalue weighted by molar-refractivity contribution is -0.111. The standard InChI is InChI=1S/C22H24FN4O4P/c1-3-22(4-2,32(29,30)31)16-5-9-18(10-6-16)25-21(28)14-13-20-26-24-15-27(20)19-11-7-17(23)8-12-19/h5-15H,3-4H2,1-2H3,(H,25,28)(H2,29,30,31). The molecule has 0 saturated carbocycles. The molecule has 8 nitrogen and oxygen atoms in total. The molecule has 3 rings (SSSR count). The van der Waals surface area contributed by atoms with Crippen LogP contribution in [0.15, 0.2) is 60.9 Å². The van der Waals surface area contributed by atoms with E-state index >= 15 is 0 Å². The number of hydrogen-bond donors (Lipinski definition) is 3. The first-order valence-electron chi connectivity index (χ1n) is 10.0. The van der Waals surface area contributed by atoms with Crippen molar-refractivity contribution in [2.45, 2.75) is 31.8 Å². The van der Waals surface area contributed by atoms with Gasteiger partial charge in [0.2, 0.25) is 5.91 Å². The van der Waals surface area contributed by atoms with E-state index in [0.717, 1.165) is 0 Å². The van der Waals surface area contributed by atoms with Gasteiger partial charge in [0.05, 0.1) is 5.16 Å². The highest BCUT2D eigenvalue weighted by atomic mass is 31.2. The highest BCUT2D eigenvalue weighted by Crippen LogP contribution is 2.60. The fourth-order valence-electron chi connectivity index (χ4n) is 3.59. The van der Waals surface area contributed by atoms with Crippen molar-refractivity contribution in [2.75, 3.05) is 5.32 Å². The normalized spacial score (nSPS) is 12.3. The zero-order valence-electron chi connectivity index (χ0n) is 17.6. The van der Waals surface area contributed by atoms with Gasteiger partial charge in [-0.15, -0.1) is 10.2 Å². The molecule has 0 radical (unpaired) electrons. The summed E-state index contributed by atoms with van der Waals surface area (Å²) in [7, 11) is -4.38. The molecule has 0 unspecified atom stereocenters. The van der Waals surface area contributed by atoms with E-state index in [-0.39, 0.29) is 18.7 Å². The Morgan fingerprint density at radius 2 is 1.75 bits per heavy atom. The van der Waals surface area contributed by atoms with Crippen molar-refractivity contribution in [2.24, 2.45) is 0 Å². The van der Waals surface area contributed by atoms with Crippen LogP contribution in [0.2, 0.25) is 0 Å². The molecule has 1 heterocycles. The van der Waals surface area contributed by atoms with E-state index in [2.05, 4.69) is 15.5 Å². The van der Waals surface area contributed by atoms with Crippen molar-refractivity contribution in [3.8, 4) is 5.69 Å². The SMILES string of the molecule is CCC(CC)(c1ccc(NC(=O)C=Cc2nncn2-c2ccc(F)cc2)cc1)P(=O)(O)O. The van der Waals surface area contributed by atoms with Crippen LogP contribution >= 0.6 is 7.60 Å². The van der Waals surface area contributed by atoms with Crippen LogP contribution in [0, 0.1) is 5.82 Å². The van der Waals surface area contributed by atoms with E-state index in [1.54, 1.807) is 54.8 Å². The molecule has 0 spiro atoms. The number of anilines is 1. The number of benzene rings is 2. The van der Waals surface area contributed by atoms with Gasteiger partial charge in [0.25, 0.3) is 0 Å². The molecular formula is C22H24FN4O4P. The van der Waals surface area contributed by atoms with Crippen LogP contribution in [0.4, 0.5) is 10.1 Å². The lowest BCUT2D eigenvalue weighted by Gasteiger charge is -2.33. The maximum absolute atomic E-state index is 13.1. The maximum atomic E-state index is 13.1. The van der Waals surface area contributed by atoms with Crippen LogP contribution in [0.3, 0.4) is 0 Å². The van der Waals surface area contributed by atoms with Crippen molar-refractivity contribution in [1.29, 1.82) is 0 Å². The first kappa shape index (κ1) is 23.5. The Bertz CT molecular complexity index is 1150. The lowest BCUT2D eigenvalue weighted by atomic mass is 9.92. The van der Waals surface area contributed by atoms with Gasteiger partial charge in [0, 0.05) is 17.5 Å². The molecule has 0 fully saturated rings. The number of rotatable bonds is 8. The Morgan fingerprint density at radius 3 is 2.31 bits per heavy atom. The fraction of sp³-hybridized carbons (Fsp3) is 0.227. The highest BCUT2D eigenvalue weighted by molar-refractivity contribution is 7.53. The van der Waals surface area contributed by atoms with Gasteiger partial charge >= 0.3 is 7.60 Å². The average Bonchev–Trinajstić information content (AvgIpc) is 3.23. The Labute approximate surface area is 185 Å². The quantitative estimate of drug-likeness (QED) is 0.343. The van der Waals surface area contributed by atoms with Gasteiger partial charge in [-0.2, -0.15) is 0 Å². The van der Waals surface area contributed by atoms with Crippen LogP contribution in [0.1, 0.15) is 38.1 Å².